The van der Waals surface area contributed by atoms with Crippen molar-refractivity contribution in [2.75, 3.05) is 26.7 Å². The Kier molecular flexibility index (Phi) is 4.48. The molecule has 0 radical (unpaired) electrons. The van der Waals surface area contributed by atoms with Crippen LogP contribution in [0.15, 0.2) is 29.6 Å². The zero-order chi connectivity index (χ0) is 17.4. The molecule has 4 rings (SSSR count). The first-order valence-corrected chi connectivity index (χ1v) is 9.55. The van der Waals surface area contributed by atoms with Gasteiger partial charge in [-0.25, -0.2) is 4.98 Å². The molecule has 0 N–H and O–H groups in total. The average molecular weight is 357 g/mol. The van der Waals surface area contributed by atoms with Crippen LogP contribution in [0.5, 0.6) is 5.75 Å². The number of ether oxygens (including phenoxy) is 1. The highest BCUT2D eigenvalue weighted by atomic mass is 32.1. The van der Waals surface area contributed by atoms with E-state index < -0.39 is 0 Å². The summed E-state index contributed by atoms with van der Waals surface area (Å²) < 4.78 is 5.21. The highest BCUT2D eigenvalue weighted by Gasteiger charge is 2.45. The number of aromatic nitrogens is 1. The van der Waals surface area contributed by atoms with Gasteiger partial charge in [0.15, 0.2) is 0 Å². The molecule has 2 saturated heterocycles. The van der Waals surface area contributed by atoms with Crippen molar-refractivity contribution < 1.29 is 9.53 Å². The molecule has 0 spiro atoms. The summed E-state index contributed by atoms with van der Waals surface area (Å²) in [5.41, 5.74) is 2.29. The van der Waals surface area contributed by atoms with Crippen LogP contribution in [-0.4, -0.2) is 47.4 Å². The molecule has 132 valence electrons. The van der Waals surface area contributed by atoms with Crippen molar-refractivity contribution in [2.24, 2.45) is 11.8 Å². The Balaban J connectivity index is 1.35. The lowest BCUT2D eigenvalue weighted by Crippen LogP contribution is -2.32. The monoisotopic (exact) mass is 357 g/mol. The van der Waals surface area contributed by atoms with E-state index in [4.69, 9.17) is 4.74 Å². The first-order valence-electron chi connectivity index (χ1n) is 8.67. The minimum atomic E-state index is 0.151. The molecule has 1 aromatic heterocycles. The maximum absolute atomic E-state index is 12.7. The lowest BCUT2D eigenvalue weighted by atomic mass is 10.0. The van der Waals surface area contributed by atoms with Gasteiger partial charge in [-0.2, -0.15) is 0 Å². The molecular weight excluding hydrogens is 334 g/mol. The normalized spacial score (nSPS) is 23.3. The predicted molar refractivity (Wildman–Crippen MR) is 97.5 cm³/mol. The van der Waals surface area contributed by atoms with Gasteiger partial charge in [-0.1, -0.05) is 12.1 Å². The quantitative estimate of drug-likeness (QED) is 0.825. The number of thiazole rings is 1. The van der Waals surface area contributed by atoms with Crippen molar-refractivity contribution in [2.45, 2.75) is 20.0 Å². The third kappa shape index (κ3) is 3.41. The van der Waals surface area contributed by atoms with Crippen molar-refractivity contribution >= 4 is 17.2 Å². The summed E-state index contributed by atoms with van der Waals surface area (Å²) in [7, 11) is 1.68. The van der Waals surface area contributed by atoms with Crippen molar-refractivity contribution in [3.63, 3.8) is 0 Å². The average Bonchev–Trinajstić information content (AvgIpc) is 3.27. The number of carbonyl (C=O) groups excluding carboxylic acids is 1. The van der Waals surface area contributed by atoms with Crippen LogP contribution in [0.2, 0.25) is 0 Å². The molecule has 2 aromatic rings. The van der Waals surface area contributed by atoms with Gasteiger partial charge in [0.1, 0.15) is 5.75 Å². The number of nitrogens with zero attached hydrogens (tertiary/aromatic N) is 3. The van der Waals surface area contributed by atoms with E-state index in [1.165, 1.54) is 5.56 Å². The summed E-state index contributed by atoms with van der Waals surface area (Å²) in [4.78, 5) is 21.6. The summed E-state index contributed by atoms with van der Waals surface area (Å²) in [5, 5.41) is 3.12. The Bertz CT molecular complexity index is 758. The Morgan fingerprint density at radius 1 is 1.20 bits per heavy atom. The fourth-order valence-corrected chi connectivity index (χ4v) is 4.57. The Hall–Kier alpha value is -1.92. The summed E-state index contributed by atoms with van der Waals surface area (Å²) in [6.07, 6.45) is 0. The first kappa shape index (κ1) is 16.5. The molecular formula is C19H23N3O2S. The van der Waals surface area contributed by atoms with E-state index >= 15 is 0 Å². The Morgan fingerprint density at radius 2 is 2.00 bits per heavy atom. The summed E-state index contributed by atoms with van der Waals surface area (Å²) in [6.45, 7) is 6.28. The van der Waals surface area contributed by atoms with Crippen molar-refractivity contribution in [3.8, 4) is 5.75 Å². The molecule has 2 aliphatic rings. The molecule has 3 heterocycles. The van der Waals surface area contributed by atoms with Gasteiger partial charge in [-0.15, -0.1) is 11.3 Å². The second-order valence-corrected chi connectivity index (χ2v) is 8.05. The van der Waals surface area contributed by atoms with E-state index in [2.05, 4.69) is 27.4 Å². The maximum Gasteiger partial charge on any atom is 0.227 e. The fourth-order valence-electron chi connectivity index (χ4n) is 3.97. The van der Waals surface area contributed by atoms with Crippen molar-refractivity contribution in [3.05, 3.63) is 45.9 Å². The van der Waals surface area contributed by atoms with Gasteiger partial charge >= 0.3 is 0 Å². The van der Waals surface area contributed by atoms with E-state index in [1.807, 2.05) is 24.0 Å². The molecule has 2 fully saturated rings. The molecule has 1 aromatic carbocycles. The van der Waals surface area contributed by atoms with E-state index in [9.17, 15) is 4.79 Å². The highest BCUT2D eigenvalue weighted by Crippen LogP contribution is 2.34. The van der Waals surface area contributed by atoms with E-state index in [0.29, 0.717) is 18.4 Å². The molecule has 6 heteroatoms. The largest absolute Gasteiger partial charge is 0.497 e. The second-order valence-electron chi connectivity index (χ2n) is 6.99. The van der Waals surface area contributed by atoms with Gasteiger partial charge in [-0.3, -0.25) is 9.69 Å². The standard InChI is InChI=1S/C19H23N3O2S/c1-13-20-16(12-25-13)10-22-9-15-8-21(11-18(15)19(22)23)7-14-3-5-17(24-2)6-4-14/h3-6,12,15,18H,7-11H2,1-2H3/t15-,18-/m1/s1. The van der Waals surface area contributed by atoms with E-state index in [-0.39, 0.29) is 5.92 Å². The zero-order valence-corrected chi connectivity index (χ0v) is 15.5. The van der Waals surface area contributed by atoms with Crippen molar-refractivity contribution in [1.82, 2.24) is 14.8 Å². The molecule has 0 aliphatic carbocycles. The molecule has 1 amide bonds. The molecule has 2 aliphatic heterocycles. The molecule has 25 heavy (non-hydrogen) atoms. The van der Waals surface area contributed by atoms with E-state index in [1.54, 1.807) is 18.4 Å². The number of rotatable bonds is 5. The number of aryl methyl sites for hydroxylation is 1. The number of hydrogen-bond donors (Lipinski definition) is 0. The van der Waals surface area contributed by atoms with Gasteiger partial charge in [0, 0.05) is 37.5 Å². The second kappa shape index (κ2) is 6.77. The van der Waals surface area contributed by atoms with Crippen LogP contribution in [0.25, 0.3) is 0 Å². The summed E-state index contributed by atoms with van der Waals surface area (Å²) in [5.74, 6) is 1.78. The van der Waals surface area contributed by atoms with Crippen LogP contribution >= 0.6 is 11.3 Å². The SMILES string of the molecule is COc1ccc(CN2C[C@@H]3CN(Cc4csc(C)n4)C(=O)[C@@H]3C2)cc1. The van der Waals surface area contributed by atoms with Gasteiger partial charge in [-0.05, 0) is 24.6 Å². The summed E-state index contributed by atoms with van der Waals surface area (Å²) >= 11 is 1.65. The number of likely N-dealkylation sites (tertiary alicyclic amines) is 2. The number of methoxy groups -OCH3 is 1. The lowest BCUT2D eigenvalue weighted by molar-refractivity contribution is -0.131. The fraction of sp³-hybridized carbons (Fsp3) is 0.474. The number of carbonyl (C=O) groups is 1. The van der Waals surface area contributed by atoms with Gasteiger partial charge < -0.3 is 9.64 Å². The molecule has 2 atom stereocenters. The molecule has 0 saturated carbocycles. The number of fused-ring (bicyclic) bond motifs is 1. The maximum atomic E-state index is 12.7. The van der Waals surface area contributed by atoms with Gasteiger partial charge in [0.2, 0.25) is 5.91 Å². The first-order chi connectivity index (χ1) is 12.1. The van der Waals surface area contributed by atoms with Crippen LogP contribution in [0, 0.1) is 18.8 Å². The van der Waals surface area contributed by atoms with E-state index in [0.717, 1.165) is 42.6 Å². The highest BCUT2D eigenvalue weighted by molar-refractivity contribution is 7.09. The van der Waals surface area contributed by atoms with Crippen LogP contribution in [0.1, 0.15) is 16.3 Å². The molecule has 0 bridgehead atoms. The lowest BCUT2D eigenvalue weighted by Gasteiger charge is -2.21. The minimum absolute atomic E-state index is 0.151. The minimum Gasteiger partial charge on any atom is -0.497 e. The number of benzene rings is 1. The Labute approximate surface area is 152 Å². The van der Waals surface area contributed by atoms with Gasteiger partial charge in [0.05, 0.1) is 30.3 Å². The third-order valence-corrected chi connectivity index (χ3v) is 6.01. The molecule has 5 nitrogen and oxygen atoms in total. The Morgan fingerprint density at radius 3 is 2.64 bits per heavy atom. The van der Waals surface area contributed by atoms with Crippen LogP contribution < -0.4 is 4.74 Å². The van der Waals surface area contributed by atoms with Gasteiger partial charge in [0.25, 0.3) is 0 Å². The van der Waals surface area contributed by atoms with Crippen molar-refractivity contribution in [1.29, 1.82) is 0 Å². The number of hydrogen-bond acceptors (Lipinski definition) is 5. The zero-order valence-electron chi connectivity index (χ0n) is 14.6. The van der Waals surface area contributed by atoms with Crippen LogP contribution in [0.4, 0.5) is 0 Å². The smallest absolute Gasteiger partial charge is 0.227 e. The van der Waals surface area contributed by atoms with Crippen LogP contribution in [0.3, 0.4) is 0 Å². The third-order valence-electron chi connectivity index (χ3n) is 5.19. The molecule has 0 unspecified atom stereocenters. The predicted octanol–water partition coefficient (Wildman–Crippen LogP) is 2.55. The topological polar surface area (TPSA) is 45.7 Å². The van der Waals surface area contributed by atoms with Crippen LogP contribution in [-0.2, 0) is 17.9 Å². The summed E-state index contributed by atoms with van der Waals surface area (Å²) in [6, 6.07) is 8.20. The number of amides is 1.